The largest absolute Gasteiger partial charge is 0.507 e. The van der Waals surface area contributed by atoms with Gasteiger partial charge in [0.15, 0.2) is 0 Å². The monoisotopic (exact) mass is 479 g/mol. The lowest BCUT2D eigenvalue weighted by atomic mass is 9.96. The number of amides is 1. The first-order chi connectivity index (χ1) is 17.1. The molecule has 2 aromatic rings. The number of aliphatic hydroxyl groups is 1. The van der Waals surface area contributed by atoms with Crippen LogP contribution in [-0.2, 0) is 14.3 Å². The quantitative estimate of drug-likeness (QED) is 0.242. The standard InChI is InChI=1S/C27H33N3O5/c1-2-3-16-35-22-9-7-20(8-10-22)25(31)23-24(21-6-4-11-28-19-21)30(27(33)26(23)32)13-5-12-29-14-17-34-18-15-29/h4,6-11,19,24,31H,2-3,5,12-18H2,1H3/b25-23+/t24-/m0/s1. The molecule has 2 fully saturated rings. The zero-order valence-corrected chi connectivity index (χ0v) is 20.2. The molecular formula is C27H33N3O5. The fraction of sp³-hybridized carbons (Fsp3) is 0.444. The molecule has 1 amide bonds. The van der Waals surface area contributed by atoms with Crippen LogP contribution in [0, 0.1) is 0 Å². The van der Waals surface area contributed by atoms with Crippen molar-refractivity contribution in [2.45, 2.75) is 32.2 Å². The third kappa shape index (κ3) is 5.89. The fourth-order valence-electron chi connectivity index (χ4n) is 4.48. The molecule has 1 atom stereocenters. The third-order valence-corrected chi connectivity index (χ3v) is 6.41. The van der Waals surface area contributed by atoms with E-state index in [1.165, 1.54) is 0 Å². The molecule has 1 aromatic heterocycles. The summed E-state index contributed by atoms with van der Waals surface area (Å²) in [6, 6.07) is 9.87. The Balaban J connectivity index is 1.58. The second-order valence-electron chi connectivity index (χ2n) is 8.81. The maximum atomic E-state index is 13.1. The molecule has 35 heavy (non-hydrogen) atoms. The lowest BCUT2D eigenvalue weighted by Gasteiger charge is -2.29. The average Bonchev–Trinajstić information content (AvgIpc) is 3.15. The van der Waals surface area contributed by atoms with Crippen LogP contribution in [0.3, 0.4) is 0 Å². The van der Waals surface area contributed by atoms with Crippen molar-refractivity contribution in [3.63, 3.8) is 0 Å². The highest BCUT2D eigenvalue weighted by Gasteiger charge is 2.45. The number of pyridine rings is 1. The summed E-state index contributed by atoms with van der Waals surface area (Å²) in [5, 5.41) is 11.2. The Labute approximate surface area is 206 Å². The van der Waals surface area contributed by atoms with E-state index in [4.69, 9.17) is 9.47 Å². The molecule has 4 rings (SSSR count). The van der Waals surface area contributed by atoms with Gasteiger partial charge in [-0.3, -0.25) is 19.5 Å². The summed E-state index contributed by atoms with van der Waals surface area (Å²) in [4.78, 5) is 34.3. The number of ketones is 1. The van der Waals surface area contributed by atoms with Crippen molar-refractivity contribution in [1.82, 2.24) is 14.8 Å². The van der Waals surface area contributed by atoms with Gasteiger partial charge in [0.1, 0.15) is 11.5 Å². The van der Waals surface area contributed by atoms with Gasteiger partial charge in [-0.2, -0.15) is 0 Å². The van der Waals surface area contributed by atoms with E-state index in [2.05, 4.69) is 16.8 Å². The van der Waals surface area contributed by atoms with Crippen molar-refractivity contribution in [1.29, 1.82) is 0 Å². The van der Waals surface area contributed by atoms with Crippen LogP contribution in [0.2, 0.25) is 0 Å². The van der Waals surface area contributed by atoms with Gasteiger partial charge in [-0.1, -0.05) is 19.4 Å². The first kappa shape index (κ1) is 24.9. The number of aromatic nitrogens is 1. The van der Waals surface area contributed by atoms with Crippen molar-refractivity contribution < 1.29 is 24.2 Å². The third-order valence-electron chi connectivity index (χ3n) is 6.41. The van der Waals surface area contributed by atoms with Gasteiger partial charge in [-0.25, -0.2) is 0 Å². The summed E-state index contributed by atoms with van der Waals surface area (Å²) < 4.78 is 11.1. The van der Waals surface area contributed by atoms with Gasteiger partial charge in [0, 0.05) is 44.1 Å². The number of morpholine rings is 1. The minimum atomic E-state index is -0.686. The van der Waals surface area contributed by atoms with E-state index in [-0.39, 0.29) is 11.3 Å². The molecule has 0 unspecified atom stereocenters. The van der Waals surface area contributed by atoms with Crippen molar-refractivity contribution in [2.24, 2.45) is 0 Å². The van der Waals surface area contributed by atoms with Crippen LogP contribution in [0.15, 0.2) is 54.4 Å². The summed E-state index contributed by atoms with van der Waals surface area (Å²) in [6.07, 6.45) is 6.00. The first-order valence-corrected chi connectivity index (χ1v) is 12.3. The number of rotatable bonds is 10. The molecule has 0 bridgehead atoms. The van der Waals surface area contributed by atoms with E-state index in [1.807, 2.05) is 6.07 Å². The summed E-state index contributed by atoms with van der Waals surface area (Å²) in [5.74, 6) is -0.761. The number of hydrogen-bond acceptors (Lipinski definition) is 7. The van der Waals surface area contributed by atoms with Gasteiger partial charge in [0.05, 0.1) is 31.4 Å². The van der Waals surface area contributed by atoms with Crippen LogP contribution in [0.25, 0.3) is 5.76 Å². The van der Waals surface area contributed by atoms with Crippen LogP contribution in [0.1, 0.15) is 43.4 Å². The van der Waals surface area contributed by atoms with Crippen LogP contribution < -0.4 is 4.74 Å². The smallest absolute Gasteiger partial charge is 0.295 e. The molecule has 8 nitrogen and oxygen atoms in total. The highest BCUT2D eigenvalue weighted by atomic mass is 16.5. The molecule has 0 radical (unpaired) electrons. The minimum absolute atomic E-state index is 0.0917. The second kappa shape index (κ2) is 12.0. The van der Waals surface area contributed by atoms with E-state index in [9.17, 15) is 14.7 Å². The predicted molar refractivity (Wildman–Crippen MR) is 132 cm³/mol. The van der Waals surface area contributed by atoms with E-state index in [0.29, 0.717) is 49.7 Å². The van der Waals surface area contributed by atoms with Crippen molar-refractivity contribution in [3.8, 4) is 5.75 Å². The predicted octanol–water partition coefficient (Wildman–Crippen LogP) is 3.40. The van der Waals surface area contributed by atoms with Crippen LogP contribution in [-0.4, -0.2) is 77.6 Å². The minimum Gasteiger partial charge on any atom is -0.507 e. The Morgan fingerprint density at radius 3 is 2.57 bits per heavy atom. The van der Waals surface area contributed by atoms with Gasteiger partial charge in [-0.15, -0.1) is 0 Å². The normalized spacial score (nSPS) is 20.4. The Kier molecular flexibility index (Phi) is 8.50. The molecular weight excluding hydrogens is 446 g/mol. The van der Waals surface area contributed by atoms with Gasteiger partial charge < -0.3 is 19.5 Å². The van der Waals surface area contributed by atoms with Gasteiger partial charge in [-0.05, 0) is 48.7 Å². The zero-order valence-electron chi connectivity index (χ0n) is 20.2. The van der Waals surface area contributed by atoms with Crippen molar-refractivity contribution in [3.05, 3.63) is 65.5 Å². The molecule has 3 heterocycles. The molecule has 2 saturated heterocycles. The number of hydrogen-bond donors (Lipinski definition) is 1. The topological polar surface area (TPSA) is 92.2 Å². The first-order valence-electron chi connectivity index (χ1n) is 12.3. The summed E-state index contributed by atoms with van der Waals surface area (Å²) in [7, 11) is 0. The molecule has 1 N–H and O–H groups in total. The highest BCUT2D eigenvalue weighted by molar-refractivity contribution is 6.46. The van der Waals surface area contributed by atoms with Crippen LogP contribution in [0.4, 0.5) is 0 Å². The number of carbonyl (C=O) groups is 2. The summed E-state index contributed by atoms with van der Waals surface area (Å²) in [6.45, 7) is 7.09. The van der Waals surface area contributed by atoms with Gasteiger partial charge >= 0.3 is 0 Å². The summed E-state index contributed by atoms with van der Waals surface area (Å²) in [5.41, 5.74) is 1.25. The molecule has 0 aliphatic carbocycles. The number of likely N-dealkylation sites (tertiary alicyclic amines) is 1. The van der Waals surface area contributed by atoms with Crippen LogP contribution in [0.5, 0.6) is 5.75 Å². The zero-order chi connectivity index (χ0) is 24.6. The van der Waals surface area contributed by atoms with Gasteiger partial charge in [0.2, 0.25) is 0 Å². The Bertz CT molecular complexity index is 1030. The Morgan fingerprint density at radius 2 is 1.89 bits per heavy atom. The van der Waals surface area contributed by atoms with E-state index in [1.54, 1.807) is 47.6 Å². The number of aliphatic hydroxyl groups excluding tert-OH is 1. The number of nitrogens with zero attached hydrogens (tertiary/aromatic N) is 3. The van der Waals surface area contributed by atoms with Crippen molar-refractivity contribution >= 4 is 17.4 Å². The van der Waals surface area contributed by atoms with Crippen LogP contribution >= 0.6 is 0 Å². The van der Waals surface area contributed by atoms with E-state index in [0.717, 1.165) is 32.5 Å². The number of unbranched alkanes of at least 4 members (excludes halogenated alkanes) is 1. The number of carbonyl (C=O) groups excluding carboxylic acids is 2. The molecule has 1 aromatic carbocycles. The molecule has 0 saturated carbocycles. The molecule has 8 heteroatoms. The number of ether oxygens (including phenoxy) is 2. The maximum absolute atomic E-state index is 13.1. The molecule has 186 valence electrons. The van der Waals surface area contributed by atoms with E-state index >= 15 is 0 Å². The SMILES string of the molecule is CCCCOc1ccc(/C(O)=C2\C(=O)C(=O)N(CCCN3CCOCC3)[C@H]2c2cccnc2)cc1. The number of Topliss-reactive ketones (excluding diaryl/α,β-unsaturated/α-hetero) is 1. The Morgan fingerprint density at radius 1 is 1.11 bits per heavy atom. The second-order valence-corrected chi connectivity index (χ2v) is 8.81. The maximum Gasteiger partial charge on any atom is 0.295 e. The van der Waals surface area contributed by atoms with E-state index < -0.39 is 17.7 Å². The lowest BCUT2D eigenvalue weighted by molar-refractivity contribution is -0.140. The van der Waals surface area contributed by atoms with Crippen molar-refractivity contribution in [2.75, 3.05) is 46.0 Å². The molecule has 2 aliphatic heterocycles. The fourth-order valence-corrected chi connectivity index (χ4v) is 4.48. The molecule has 2 aliphatic rings. The Hall–Kier alpha value is -3.23. The average molecular weight is 480 g/mol. The van der Waals surface area contributed by atoms with Gasteiger partial charge in [0.25, 0.3) is 11.7 Å². The summed E-state index contributed by atoms with van der Waals surface area (Å²) >= 11 is 0. The number of benzene rings is 1. The lowest BCUT2D eigenvalue weighted by Crippen LogP contribution is -2.39. The highest BCUT2D eigenvalue weighted by Crippen LogP contribution is 2.39. The molecule has 0 spiro atoms.